The van der Waals surface area contributed by atoms with Crippen molar-refractivity contribution in [2.45, 2.75) is 6.42 Å². The predicted octanol–water partition coefficient (Wildman–Crippen LogP) is 6.03. The monoisotopic (exact) mass is 329 g/mol. The van der Waals surface area contributed by atoms with Crippen molar-refractivity contribution in [3.8, 4) is 17.2 Å². The molecule has 0 bridgehead atoms. The molecule has 0 aliphatic carbocycles. The lowest BCUT2D eigenvalue weighted by Gasteiger charge is -2.09. The first-order valence-electron chi connectivity index (χ1n) is 5.33. The van der Waals surface area contributed by atoms with E-state index in [0.29, 0.717) is 25.7 Å². The molecule has 5 heteroatoms. The second-order valence-electron chi connectivity index (χ2n) is 3.89. The summed E-state index contributed by atoms with van der Waals surface area (Å²) >= 11 is 24.3. The van der Waals surface area contributed by atoms with E-state index in [2.05, 4.69) is 6.07 Å². The van der Waals surface area contributed by atoms with Crippen molar-refractivity contribution in [3.05, 3.63) is 56.0 Å². The van der Waals surface area contributed by atoms with Crippen molar-refractivity contribution in [1.29, 1.82) is 5.26 Å². The Bertz CT molecular complexity index is 674. The Morgan fingerprint density at radius 3 is 2.32 bits per heavy atom. The van der Waals surface area contributed by atoms with Crippen LogP contribution in [0.4, 0.5) is 0 Å². The molecule has 0 heterocycles. The molecule has 0 amide bonds. The van der Waals surface area contributed by atoms with Gasteiger partial charge in [0.2, 0.25) is 0 Å². The van der Waals surface area contributed by atoms with Crippen molar-refractivity contribution >= 4 is 46.4 Å². The van der Waals surface area contributed by atoms with Crippen LogP contribution in [0.3, 0.4) is 0 Å². The fraction of sp³-hybridized carbons (Fsp3) is 0.0714. The highest BCUT2D eigenvalue weighted by atomic mass is 35.5. The second kappa shape index (κ2) is 6.03. The fourth-order valence-electron chi connectivity index (χ4n) is 1.71. The van der Waals surface area contributed by atoms with E-state index in [1.807, 2.05) is 6.07 Å². The van der Waals surface area contributed by atoms with Gasteiger partial charge in [-0.25, -0.2) is 0 Å². The molecule has 0 aliphatic rings. The Labute approximate surface area is 131 Å². The van der Waals surface area contributed by atoms with Gasteiger partial charge >= 0.3 is 0 Å². The summed E-state index contributed by atoms with van der Waals surface area (Å²) in [5.74, 6) is 0. The SMILES string of the molecule is N#CCc1ccc(-c2cc(Cl)cc(Cl)c2Cl)cc1Cl. The highest BCUT2D eigenvalue weighted by Crippen LogP contribution is 2.37. The molecular formula is C14H7Cl4N. The maximum Gasteiger partial charge on any atom is 0.0671 e. The standard InChI is InChI=1S/C14H7Cl4N/c15-10-6-11(14(18)13(17)7-10)9-2-1-8(3-4-19)12(16)5-9/h1-2,5-7H,3H2. The highest BCUT2D eigenvalue weighted by Gasteiger charge is 2.11. The molecule has 96 valence electrons. The minimum atomic E-state index is 0.267. The average Bonchev–Trinajstić information content (AvgIpc) is 2.36. The number of halogens is 4. The van der Waals surface area contributed by atoms with E-state index in [1.165, 1.54) is 0 Å². The average molecular weight is 331 g/mol. The third kappa shape index (κ3) is 3.16. The predicted molar refractivity (Wildman–Crippen MR) is 81.2 cm³/mol. The minimum Gasteiger partial charge on any atom is -0.198 e. The normalized spacial score (nSPS) is 10.3. The Hall–Kier alpha value is -0.910. The number of hydrogen-bond donors (Lipinski definition) is 0. The summed E-state index contributed by atoms with van der Waals surface area (Å²) in [5.41, 5.74) is 2.29. The quantitative estimate of drug-likeness (QED) is 0.616. The summed E-state index contributed by atoms with van der Waals surface area (Å²) in [4.78, 5) is 0. The van der Waals surface area contributed by atoms with Crippen molar-refractivity contribution in [2.75, 3.05) is 0 Å². The molecule has 2 aromatic rings. The first kappa shape index (κ1) is 14.5. The lowest BCUT2D eigenvalue weighted by Crippen LogP contribution is -1.87. The summed E-state index contributed by atoms with van der Waals surface area (Å²) in [7, 11) is 0. The molecule has 0 aliphatic heterocycles. The van der Waals surface area contributed by atoms with Crippen LogP contribution in [0, 0.1) is 11.3 Å². The zero-order chi connectivity index (χ0) is 14.0. The van der Waals surface area contributed by atoms with Gasteiger partial charge in [0.1, 0.15) is 0 Å². The molecule has 0 N–H and O–H groups in total. The first-order valence-corrected chi connectivity index (χ1v) is 6.84. The Morgan fingerprint density at radius 1 is 0.947 bits per heavy atom. The van der Waals surface area contributed by atoms with E-state index in [0.717, 1.165) is 11.1 Å². The van der Waals surface area contributed by atoms with Crippen LogP contribution in [0.15, 0.2) is 30.3 Å². The third-order valence-corrected chi connectivity index (χ3v) is 4.00. The van der Waals surface area contributed by atoms with Crippen LogP contribution in [0.25, 0.3) is 11.1 Å². The molecule has 0 radical (unpaired) electrons. The van der Waals surface area contributed by atoms with Crippen molar-refractivity contribution in [2.24, 2.45) is 0 Å². The van der Waals surface area contributed by atoms with Gasteiger partial charge in [-0.15, -0.1) is 0 Å². The van der Waals surface area contributed by atoms with Gasteiger partial charge in [0.25, 0.3) is 0 Å². The molecule has 0 unspecified atom stereocenters. The van der Waals surface area contributed by atoms with E-state index < -0.39 is 0 Å². The lowest BCUT2D eigenvalue weighted by molar-refractivity contribution is 1.26. The smallest absolute Gasteiger partial charge is 0.0671 e. The van der Waals surface area contributed by atoms with Gasteiger partial charge in [-0.05, 0) is 29.3 Å². The van der Waals surface area contributed by atoms with Gasteiger partial charge in [-0.1, -0.05) is 58.5 Å². The molecule has 0 fully saturated rings. The van der Waals surface area contributed by atoms with Crippen LogP contribution in [0.5, 0.6) is 0 Å². The maximum absolute atomic E-state index is 8.68. The molecule has 19 heavy (non-hydrogen) atoms. The molecule has 0 aromatic heterocycles. The van der Waals surface area contributed by atoms with Crippen LogP contribution >= 0.6 is 46.4 Å². The Balaban J connectivity index is 2.54. The topological polar surface area (TPSA) is 23.8 Å². The van der Waals surface area contributed by atoms with Gasteiger partial charge in [0.05, 0.1) is 22.5 Å². The minimum absolute atomic E-state index is 0.267. The zero-order valence-electron chi connectivity index (χ0n) is 9.55. The lowest BCUT2D eigenvalue weighted by atomic mass is 10.0. The highest BCUT2D eigenvalue weighted by molar-refractivity contribution is 6.45. The van der Waals surface area contributed by atoms with E-state index in [9.17, 15) is 0 Å². The summed E-state index contributed by atoms with van der Waals surface area (Å²) < 4.78 is 0. The van der Waals surface area contributed by atoms with Crippen LogP contribution in [0.2, 0.25) is 20.1 Å². The van der Waals surface area contributed by atoms with Crippen molar-refractivity contribution in [3.63, 3.8) is 0 Å². The number of rotatable bonds is 2. The summed E-state index contributed by atoms with van der Waals surface area (Å²) in [6.45, 7) is 0. The summed E-state index contributed by atoms with van der Waals surface area (Å²) in [6, 6.07) is 10.8. The van der Waals surface area contributed by atoms with Gasteiger partial charge in [0.15, 0.2) is 0 Å². The van der Waals surface area contributed by atoms with Crippen LogP contribution in [-0.4, -0.2) is 0 Å². The molecule has 0 saturated carbocycles. The Kier molecular flexibility index (Phi) is 4.60. The Morgan fingerprint density at radius 2 is 1.68 bits per heavy atom. The molecule has 2 rings (SSSR count). The summed E-state index contributed by atoms with van der Waals surface area (Å²) in [6.07, 6.45) is 0.267. The largest absolute Gasteiger partial charge is 0.198 e. The van der Waals surface area contributed by atoms with Crippen LogP contribution in [-0.2, 0) is 6.42 Å². The number of hydrogen-bond acceptors (Lipinski definition) is 1. The molecule has 0 saturated heterocycles. The van der Waals surface area contributed by atoms with E-state index in [4.69, 9.17) is 51.7 Å². The fourth-order valence-corrected chi connectivity index (χ4v) is 2.67. The molecular weight excluding hydrogens is 324 g/mol. The van der Waals surface area contributed by atoms with Crippen molar-refractivity contribution in [1.82, 2.24) is 0 Å². The van der Waals surface area contributed by atoms with Gasteiger partial charge in [-0.3, -0.25) is 0 Å². The van der Waals surface area contributed by atoms with Gasteiger partial charge < -0.3 is 0 Å². The van der Waals surface area contributed by atoms with E-state index in [1.54, 1.807) is 24.3 Å². The molecule has 0 atom stereocenters. The zero-order valence-corrected chi connectivity index (χ0v) is 12.6. The van der Waals surface area contributed by atoms with Gasteiger partial charge in [-0.2, -0.15) is 5.26 Å². The van der Waals surface area contributed by atoms with Crippen molar-refractivity contribution < 1.29 is 0 Å². The molecule has 2 aromatic carbocycles. The number of nitrogens with zero attached hydrogens (tertiary/aromatic N) is 1. The third-order valence-electron chi connectivity index (χ3n) is 2.63. The summed E-state index contributed by atoms with van der Waals surface area (Å²) in [5, 5.41) is 10.5. The first-order chi connectivity index (χ1) is 9.02. The van der Waals surface area contributed by atoms with E-state index >= 15 is 0 Å². The number of nitriles is 1. The van der Waals surface area contributed by atoms with Gasteiger partial charge in [0, 0.05) is 15.6 Å². The van der Waals surface area contributed by atoms with E-state index in [-0.39, 0.29) is 6.42 Å². The number of benzene rings is 2. The van der Waals surface area contributed by atoms with Crippen LogP contribution < -0.4 is 0 Å². The van der Waals surface area contributed by atoms with Crippen LogP contribution in [0.1, 0.15) is 5.56 Å². The molecule has 1 nitrogen and oxygen atoms in total. The maximum atomic E-state index is 8.68. The second-order valence-corrected chi connectivity index (χ2v) is 5.52. The molecule has 0 spiro atoms.